The van der Waals surface area contributed by atoms with Gasteiger partial charge in [0.25, 0.3) is 0 Å². The zero-order valence-corrected chi connectivity index (χ0v) is 22.8. The first-order chi connectivity index (χ1) is 16.5. The van der Waals surface area contributed by atoms with E-state index in [1.807, 2.05) is 0 Å². The Labute approximate surface area is 211 Å². The molecule has 5 heteroatoms. The molecule has 0 spiro atoms. The molecule has 0 aliphatic carbocycles. The fourth-order valence-electron chi connectivity index (χ4n) is 4.77. The van der Waals surface area contributed by atoms with Crippen molar-refractivity contribution in [2.24, 2.45) is 5.73 Å². The Bertz CT molecular complexity index is 446. The second kappa shape index (κ2) is 25.0. The number of nitrogens with zero attached hydrogens (tertiary/aromatic N) is 1. The van der Waals surface area contributed by atoms with Gasteiger partial charge in [-0.25, -0.2) is 0 Å². The number of unbranched alkanes of at least 4 members (excludes halogenated alkanes) is 18. The Kier molecular flexibility index (Phi) is 24.2. The van der Waals surface area contributed by atoms with E-state index < -0.39 is 17.9 Å². The molecule has 0 bridgehead atoms. The zero-order valence-electron chi connectivity index (χ0n) is 22.8. The van der Waals surface area contributed by atoms with Gasteiger partial charge in [-0.2, -0.15) is 0 Å². The maximum absolute atomic E-state index is 11.9. The van der Waals surface area contributed by atoms with Crippen LogP contribution in [-0.4, -0.2) is 41.0 Å². The normalized spacial score (nSPS) is 12.3. The summed E-state index contributed by atoms with van der Waals surface area (Å²) in [5.41, 5.74) is 5.30. The second-order valence-corrected chi connectivity index (χ2v) is 10.3. The molecule has 0 saturated heterocycles. The Morgan fingerprint density at radius 1 is 0.618 bits per heavy atom. The van der Waals surface area contributed by atoms with Crippen molar-refractivity contribution in [3.8, 4) is 0 Å². The SMILES string of the molecule is CCCCCCCCCCCCN(CCCCCCCCCCCC)[C@@H](CCC(N)=O)C(=O)O. The number of carbonyl (C=O) groups is 2. The van der Waals surface area contributed by atoms with Gasteiger partial charge in [0, 0.05) is 6.42 Å². The monoisotopic (exact) mass is 482 g/mol. The number of primary amides is 1. The van der Waals surface area contributed by atoms with Gasteiger partial charge in [0.2, 0.25) is 5.91 Å². The molecule has 0 aromatic heterocycles. The second-order valence-electron chi connectivity index (χ2n) is 10.3. The average molecular weight is 483 g/mol. The number of aliphatic carboxylic acids is 1. The predicted octanol–water partition coefficient (Wildman–Crippen LogP) is 7.85. The lowest BCUT2D eigenvalue weighted by atomic mass is 10.0. The molecule has 5 nitrogen and oxygen atoms in total. The van der Waals surface area contributed by atoms with E-state index in [2.05, 4.69) is 18.7 Å². The number of hydrogen-bond donors (Lipinski definition) is 2. The van der Waals surface area contributed by atoms with E-state index in [-0.39, 0.29) is 6.42 Å². The first-order valence-corrected chi connectivity index (χ1v) is 14.8. The summed E-state index contributed by atoms with van der Waals surface area (Å²) in [5.74, 6) is -1.23. The van der Waals surface area contributed by atoms with Crippen molar-refractivity contribution >= 4 is 11.9 Å². The molecular weight excluding hydrogens is 424 g/mol. The Hall–Kier alpha value is -1.10. The quantitative estimate of drug-likeness (QED) is 0.117. The molecule has 202 valence electrons. The first kappa shape index (κ1) is 32.9. The average Bonchev–Trinajstić information content (AvgIpc) is 2.80. The van der Waals surface area contributed by atoms with E-state index in [4.69, 9.17) is 5.73 Å². The van der Waals surface area contributed by atoms with Crippen LogP contribution in [-0.2, 0) is 9.59 Å². The van der Waals surface area contributed by atoms with Crippen molar-refractivity contribution < 1.29 is 14.7 Å². The summed E-state index contributed by atoms with van der Waals surface area (Å²) in [6.07, 6.45) is 26.0. The van der Waals surface area contributed by atoms with Gasteiger partial charge in [-0.3, -0.25) is 14.5 Å². The van der Waals surface area contributed by atoms with Gasteiger partial charge in [0.1, 0.15) is 6.04 Å². The highest BCUT2D eigenvalue weighted by Gasteiger charge is 2.25. The molecule has 0 aliphatic rings. The summed E-state index contributed by atoms with van der Waals surface area (Å²) in [6.45, 7) is 6.12. The topological polar surface area (TPSA) is 83.6 Å². The third-order valence-corrected chi connectivity index (χ3v) is 6.99. The van der Waals surface area contributed by atoms with Gasteiger partial charge in [0.05, 0.1) is 0 Å². The summed E-state index contributed by atoms with van der Waals surface area (Å²) < 4.78 is 0. The van der Waals surface area contributed by atoms with Crippen LogP contribution < -0.4 is 5.73 Å². The summed E-state index contributed by atoms with van der Waals surface area (Å²) in [6, 6.07) is -0.593. The highest BCUT2D eigenvalue weighted by Crippen LogP contribution is 2.16. The molecule has 1 atom stereocenters. The van der Waals surface area contributed by atoms with E-state index in [0.29, 0.717) is 6.42 Å². The molecule has 1 amide bonds. The summed E-state index contributed by atoms with van der Waals surface area (Å²) in [7, 11) is 0. The molecule has 34 heavy (non-hydrogen) atoms. The summed E-state index contributed by atoms with van der Waals surface area (Å²) in [4.78, 5) is 25.3. The number of carbonyl (C=O) groups excluding carboxylic acids is 1. The van der Waals surface area contributed by atoms with Crippen LogP contribution in [0.5, 0.6) is 0 Å². The lowest BCUT2D eigenvalue weighted by Crippen LogP contribution is -2.43. The first-order valence-electron chi connectivity index (χ1n) is 14.8. The van der Waals surface area contributed by atoms with Gasteiger partial charge < -0.3 is 10.8 Å². The van der Waals surface area contributed by atoms with Crippen LogP contribution in [0.15, 0.2) is 0 Å². The minimum atomic E-state index is -0.819. The van der Waals surface area contributed by atoms with E-state index in [9.17, 15) is 14.7 Å². The lowest BCUT2D eigenvalue weighted by Gasteiger charge is -2.29. The molecule has 0 aromatic rings. The van der Waals surface area contributed by atoms with E-state index in [0.717, 1.165) is 38.8 Å². The van der Waals surface area contributed by atoms with Crippen LogP contribution in [0.4, 0.5) is 0 Å². The van der Waals surface area contributed by atoms with Crippen LogP contribution in [0.2, 0.25) is 0 Å². The number of carboxylic acids is 1. The van der Waals surface area contributed by atoms with Crippen molar-refractivity contribution in [3.05, 3.63) is 0 Å². The molecular formula is C29H58N2O3. The number of nitrogens with two attached hydrogens (primary N) is 1. The molecule has 0 heterocycles. The summed E-state index contributed by atoms with van der Waals surface area (Å²) >= 11 is 0. The van der Waals surface area contributed by atoms with Crippen molar-refractivity contribution in [2.75, 3.05) is 13.1 Å². The Morgan fingerprint density at radius 3 is 1.24 bits per heavy atom. The number of rotatable bonds is 27. The van der Waals surface area contributed by atoms with Crippen LogP contribution in [0.25, 0.3) is 0 Å². The van der Waals surface area contributed by atoms with Crippen LogP contribution in [0.1, 0.15) is 155 Å². The fraction of sp³-hybridized carbons (Fsp3) is 0.931. The van der Waals surface area contributed by atoms with Gasteiger partial charge in [-0.1, -0.05) is 129 Å². The largest absolute Gasteiger partial charge is 0.480 e. The van der Waals surface area contributed by atoms with Crippen molar-refractivity contribution in [3.63, 3.8) is 0 Å². The maximum atomic E-state index is 11.9. The molecule has 0 radical (unpaired) electrons. The van der Waals surface area contributed by atoms with E-state index in [1.54, 1.807) is 0 Å². The number of carboxylic acid groups (broad SMARTS) is 1. The molecule has 0 fully saturated rings. The standard InChI is InChI=1S/C29H58N2O3/c1-3-5-7-9-11-13-15-17-19-21-25-31(27(29(33)34)23-24-28(30)32)26-22-20-18-16-14-12-10-8-6-4-2/h27H,3-26H2,1-2H3,(H2,30,32)(H,33,34)/t27-/m0/s1. The summed E-state index contributed by atoms with van der Waals surface area (Å²) in [5, 5.41) is 9.79. The zero-order chi connectivity index (χ0) is 25.3. The minimum Gasteiger partial charge on any atom is -0.480 e. The highest BCUT2D eigenvalue weighted by molar-refractivity contribution is 5.77. The van der Waals surface area contributed by atoms with Crippen LogP contribution in [0.3, 0.4) is 0 Å². The van der Waals surface area contributed by atoms with Crippen molar-refractivity contribution in [1.82, 2.24) is 4.90 Å². The lowest BCUT2D eigenvalue weighted by molar-refractivity contribution is -0.143. The van der Waals surface area contributed by atoms with Gasteiger partial charge in [0.15, 0.2) is 0 Å². The van der Waals surface area contributed by atoms with Crippen molar-refractivity contribution in [2.45, 2.75) is 161 Å². The van der Waals surface area contributed by atoms with Gasteiger partial charge >= 0.3 is 5.97 Å². The Balaban J connectivity index is 4.22. The third kappa shape index (κ3) is 21.4. The Morgan fingerprint density at radius 2 is 0.941 bits per heavy atom. The number of amides is 1. The molecule has 0 rings (SSSR count). The number of hydrogen-bond acceptors (Lipinski definition) is 3. The van der Waals surface area contributed by atoms with Crippen LogP contribution in [0, 0.1) is 0 Å². The fourth-order valence-corrected chi connectivity index (χ4v) is 4.77. The molecule has 0 unspecified atom stereocenters. The van der Waals surface area contributed by atoms with Crippen LogP contribution >= 0.6 is 0 Å². The highest BCUT2D eigenvalue weighted by atomic mass is 16.4. The molecule has 0 saturated carbocycles. The maximum Gasteiger partial charge on any atom is 0.320 e. The van der Waals surface area contributed by atoms with Crippen molar-refractivity contribution in [1.29, 1.82) is 0 Å². The van der Waals surface area contributed by atoms with Gasteiger partial charge in [-0.05, 0) is 32.4 Å². The predicted molar refractivity (Wildman–Crippen MR) is 145 cm³/mol. The minimum absolute atomic E-state index is 0.142. The molecule has 3 N–H and O–H groups in total. The van der Waals surface area contributed by atoms with E-state index in [1.165, 1.54) is 103 Å². The smallest absolute Gasteiger partial charge is 0.320 e. The molecule has 0 aromatic carbocycles. The molecule has 0 aliphatic heterocycles. The van der Waals surface area contributed by atoms with E-state index >= 15 is 0 Å². The third-order valence-electron chi connectivity index (χ3n) is 6.99. The van der Waals surface area contributed by atoms with Gasteiger partial charge in [-0.15, -0.1) is 0 Å².